The normalized spacial score (nSPS) is 11.9. The second-order valence-electron chi connectivity index (χ2n) is 5.58. The number of amides is 1. The number of rotatable bonds is 7. The van der Waals surface area contributed by atoms with Crippen molar-refractivity contribution in [2.75, 3.05) is 13.7 Å². The van der Waals surface area contributed by atoms with Gasteiger partial charge < -0.3 is 14.5 Å². The van der Waals surface area contributed by atoms with Gasteiger partial charge in [-0.05, 0) is 17.7 Å². The molecule has 2 aromatic carbocycles. The first-order valence-corrected chi connectivity index (χ1v) is 8.13. The maximum absolute atomic E-state index is 12.3. The fraction of sp³-hybridized carbons (Fsp3) is 0.200. The summed E-state index contributed by atoms with van der Waals surface area (Å²) in [5, 5.41) is 2.88. The Balaban J connectivity index is 1.54. The van der Waals surface area contributed by atoms with Gasteiger partial charge in [-0.3, -0.25) is 4.79 Å². The molecular weight excluding hydrogens is 316 g/mol. The van der Waals surface area contributed by atoms with Crippen LogP contribution in [0.25, 0.3) is 11.5 Å². The van der Waals surface area contributed by atoms with Crippen molar-refractivity contribution in [3.63, 3.8) is 0 Å². The number of carbonyl (C=O) groups is 1. The average molecular weight is 336 g/mol. The smallest absolute Gasteiger partial charge is 0.253 e. The summed E-state index contributed by atoms with van der Waals surface area (Å²) in [5.74, 6) is 0.418. The molecular formula is C20H20N2O3. The number of aromatic nitrogens is 1. The van der Waals surface area contributed by atoms with Crippen LogP contribution in [0.4, 0.5) is 0 Å². The predicted octanol–water partition coefficient (Wildman–Crippen LogP) is 3.39. The fourth-order valence-corrected chi connectivity index (χ4v) is 2.56. The molecule has 1 atom stereocenters. The van der Waals surface area contributed by atoms with Crippen molar-refractivity contribution in [2.24, 2.45) is 0 Å². The quantitative estimate of drug-likeness (QED) is 0.718. The van der Waals surface area contributed by atoms with Crippen molar-refractivity contribution in [3.8, 4) is 11.5 Å². The van der Waals surface area contributed by atoms with Crippen LogP contribution in [0.3, 0.4) is 0 Å². The second-order valence-corrected chi connectivity index (χ2v) is 5.58. The van der Waals surface area contributed by atoms with E-state index in [2.05, 4.69) is 10.3 Å². The van der Waals surface area contributed by atoms with Crippen LogP contribution >= 0.6 is 0 Å². The van der Waals surface area contributed by atoms with Gasteiger partial charge in [0.05, 0.1) is 5.69 Å². The minimum Gasteiger partial charge on any atom is -0.444 e. The third-order valence-electron chi connectivity index (χ3n) is 3.83. The largest absolute Gasteiger partial charge is 0.444 e. The first-order chi connectivity index (χ1) is 12.3. The van der Waals surface area contributed by atoms with Crippen LogP contribution in [0.2, 0.25) is 0 Å². The van der Waals surface area contributed by atoms with E-state index in [1.165, 1.54) is 7.11 Å². The van der Waals surface area contributed by atoms with Gasteiger partial charge in [-0.15, -0.1) is 0 Å². The number of hydrogen-bond acceptors (Lipinski definition) is 4. The highest BCUT2D eigenvalue weighted by Crippen LogP contribution is 2.18. The number of nitrogens with one attached hydrogen (secondary N) is 1. The summed E-state index contributed by atoms with van der Waals surface area (Å²) in [6.45, 7) is 0.465. The Morgan fingerprint density at radius 1 is 1.12 bits per heavy atom. The fourth-order valence-electron chi connectivity index (χ4n) is 2.56. The molecule has 1 heterocycles. The Morgan fingerprint density at radius 2 is 1.80 bits per heavy atom. The first-order valence-electron chi connectivity index (χ1n) is 8.13. The highest BCUT2D eigenvalue weighted by atomic mass is 16.5. The van der Waals surface area contributed by atoms with E-state index in [1.807, 2.05) is 60.7 Å². The standard InChI is InChI=1S/C20H20N2O3/c1-24-18(15-8-4-2-5-9-15)19(23)21-13-12-17-14-25-20(22-17)16-10-6-3-7-11-16/h2-11,14,18H,12-13H2,1H3,(H,21,23)/t18-/m1/s1. The molecule has 0 unspecified atom stereocenters. The van der Waals surface area contributed by atoms with Gasteiger partial charge in [0.15, 0.2) is 6.10 Å². The van der Waals surface area contributed by atoms with Crippen molar-refractivity contribution in [1.82, 2.24) is 10.3 Å². The predicted molar refractivity (Wildman–Crippen MR) is 94.8 cm³/mol. The number of nitrogens with zero attached hydrogens (tertiary/aromatic N) is 1. The summed E-state index contributed by atoms with van der Waals surface area (Å²) in [7, 11) is 1.53. The Kier molecular flexibility index (Phi) is 5.59. The SMILES string of the molecule is CO[C@@H](C(=O)NCCc1coc(-c2ccccc2)n1)c1ccccc1. The van der Waals surface area contributed by atoms with Crippen LogP contribution < -0.4 is 5.32 Å². The maximum atomic E-state index is 12.3. The van der Waals surface area contributed by atoms with Crippen molar-refractivity contribution in [3.05, 3.63) is 78.2 Å². The van der Waals surface area contributed by atoms with Crippen LogP contribution in [0.1, 0.15) is 17.4 Å². The van der Waals surface area contributed by atoms with Gasteiger partial charge in [0, 0.05) is 25.6 Å². The van der Waals surface area contributed by atoms with Crippen molar-refractivity contribution >= 4 is 5.91 Å². The van der Waals surface area contributed by atoms with Gasteiger partial charge >= 0.3 is 0 Å². The lowest BCUT2D eigenvalue weighted by molar-refractivity contribution is -0.131. The first kappa shape index (κ1) is 16.9. The molecule has 3 rings (SSSR count). The maximum Gasteiger partial charge on any atom is 0.253 e. The molecule has 5 nitrogen and oxygen atoms in total. The number of methoxy groups -OCH3 is 1. The molecule has 0 spiro atoms. The number of oxazole rings is 1. The Hall–Kier alpha value is -2.92. The number of benzene rings is 2. The van der Waals surface area contributed by atoms with Crippen LogP contribution in [-0.2, 0) is 16.0 Å². The van der Waals surface area contributed by atoms with Crippen LogP contribution in [0.15, 0.2) is 71.3 Å². The monoisotopic (exact) mass is 336 g/mol. The molecule has 0 fully saturated rings. The van der Waals surface area contributed by atoms with E-state index in [4.69, 9.17) is 9.15 Å². The average Bonchev–Trinajstić information content (AvgIpc) is 3.13. The van der Waals surface area contributed by atoms with Gasteiger partial charge in [0.1, 0.15) is 6.26 Å². The molecule has 0 saturated heterocycles. The summed E-state index contributed by atoms with van der Waals surface area (Å²) in [6, 6.07) is 19.1. The topological polar surface area (TPSA) is 64.4 Å². The van der Waals surface area contributed by atoms with Gasteiger partial charge in [-0.2, -0.15) is 0 Å². The summed E-state index contributed by atoms with van der Waals surface area (Å²) >= 11 is 0. The summed E-state index contributed by atoms with van der Waals surface area (Å²) in [6.07, 6.45) is 1.60. The molecule has 1 aromatic heterocycles. The highest BCUT2D eigenvalue weighted by molar-refractivity contribution is 5.82. The molecule has 0 aliphatic rings. The zero-order valence-corrected chi connectivity index (χ0v) is 14.0. The minimum absolute atomic E-state index is 0.166. The Bertz CT molecular complexity index is 800. The highest BCUT2D eigenvalue weighted by Gasteiger charge is 2.19. The van der Waals surface area contributed by atoms with Crippen molar-refractivity contribution in [1.29, 1.82) is 0 Å². The molecule has 0 bridgehead atoms. The molecule has 0 saturated carbocycles. The van der Waals surface area contributed by atoms with E-state index in [-0.39, 0.29) is 5.91 Å². The molecule has 0 radical (unpaired) electrons. The minimum atomic E-state index is -0.613. The summed E-state index contributed by atoms with van der Waals surface area (Å²) < 4.78 is 10.8. The lowest BCUT2D eigenvalue weighted by Crippen LogP contribution is -2.32. The van der Waals surface area contributed by atoms with Gasteiger partial charge in [-0.25, -0.2) is 4.98 Å². The van der Waals surface area contributed by atoms with E-state index in [9.17, 15) is 4.79 Å². The zero-order chi connectivity index (χ0) is 17.5. The Labute approximate surface area is 146 Å². The van der Waals surface area contributed by atoms with Crippen molar-refractivity contribution in [2.45, 2.75) is 12.5 Å². The third kappa shape index (κ3) is 4.33. The molecule has 1 N–H and O–H groups in total. The van der Waals surface area contributed by atoms with Crippen molar-refractivity contribution < 1.29 is 13.9 Å². The lowest BCUT2D eigenvalue weighted by atomic mass is 10.1. The molecule has 128 valence electrons. The van der Waals surface area contributed by atoms with Crippen LogP contribution in [0.5, 0.6) is 0 Å². The molecule has 25 heavy (non-hydrogen) atoms. The molecule has 0 aliphatic heterocycles. The zero-order valence-electron chi connectivity index (χ0n) is 14.0. The number of ether oxygens (including phenoxy) is 1. The van der Waals surface area contributed by atoms with Gasteiger partial charge in [0.2, 0.25) is 5.89 Å². The van der Waals surface area contributed by atoms with E-state index < -0.39 is 6.10 Å². The second kappa shape index (κ2) is 8.26. The molecule has 5 heteroatoms. The van der Waals surface area contributed by atoms with Crippen LogP contribution in [-0.4, -0.2) is 24.5 Å². The van der Waals surface area contributed by atoms with Gasteiger partial charge in [-0.1, -0.05) is 48.5 Å². The molecule has 1 amide bonds. The van der Waals surface area contributed by atoms with Gasteiger partial charge in [0.25, 0.3) is 5.91 Å². The number of carbonyl (C=O) groups excluding carboxylic acids is 1. The summed E-state index contributed by atoms with van der Waals surface area (Å²) in [4.78, 5) is 16.8. The van der Waals surface area contributed by atoms with Crippen LogP contribution in [0, 0.1) is 0 Å². The molecule has 0 aliphatic carbocycles. The van der Waals surface area contributed by atoms with E-state index >= 15 is 0 Å². The van der Waals surface area contributed by atoms with E-state index in [1.54, 1.807) is 6.26 Å². The summed E-state index contributed by atoms with van der Waals surface area (Å²) in [5.41, 5.74) is 2.56. The van der Waals surface area contributed by atoms with E-state index in [0.717, 1.165) is 16.8 Å². The molecule has 3 aromatic rings. The Morgan fingerprint density at radius 3 is 2.48 bits per heavy atom. The third-order valence-corrected chi connectivity index (χ3v) is 3.83. The van der Waals surface area contributed by atoms with E-state index in [0.29, 0.717) is 18.9 Å². The number of hydrogen-bond donors (Lipinski definition) is 1. The lowest BCUT2D eigenvalue weighted by Gasteiger charge is -2.15.